The first-order chi connectivity index (χ1) is 13.9. The highest BCUT2D eigenvalue weighted by Gasteiger charge is 2.17. The minimum atomic E-state index is -3.83. The zero-order chi connectivity index (χ0) is 21.3. The summed E-state index contributed by atoms with van der Waals surface area (Å²) in [4.78, 5) is 11.8. The molecule has 2 N–H and O–H groups in total. The van der Waals surface area contributed by atoms with E-state index in [1.807, 2.05) is 0 Å². The van der Waals surface area contributed by atoms with Crippen LogP contribution in [0.4, 0.5) is 5.69 Å². The molecule has 0 radical (unpaired) electrons. The molecule has 2 aromatic rings. The molecule has 158 valence electrons. The molecular weight excluding hydrogens is 416 g/mol. The fourth-order valence-corrected chi connectivity index (χ4v) is 3.82. The number of carbonyl (C=O) groups excluding carboxylic acids is 1. The number of hydrogen-bond donors (Lipinski definition) is 2. The summed E-state index contributed by atoms with van der Waals surface area (Å²) in [5.41, 5.74) is 0.391. The average Bonchev–Trinajstić information content (AvgIpc) is 2.70. The van der Waals surface area contributed by atoms with Gasteiger partial charge in [-0.1, -0.05) is 31.4 Å². The molecule has 0 spiro atoms. The lowest BCUT2D eigenvalue weighted by atomic mass is 10.2. The maximum Gasteiger partial charge on any atom is 0.261 e. The molecule has 9 heteroatoms. The third-order valence-corrected chi connectivity index (χ3v) is 5.69. The average molecular weight is 441 g/mol. The van der Waals surface area contributed by atoms with Crippen LogP contribution in [0.1, 0.15) is 26.2 Å². The summed E-state index contributed by atoms with van der Waals surface area (Å²) in [6.45, 7) is 2.49. The van der Waals surface area contributed by atoms with E-state index in [4.69, 9.17) is 21.1 Å². The van der Waals surface area contributed by atoms with Crippen LogP contribution in [-0.4, -0.2) is 34.6 Å². The van der Waals surface area contributed by atoms with Gasteiger partial charge in [-0.25, -0.2) is 8.42 Å². The van der Waals surface area contributed by atoms with E-state index < -0.39 is 10.0 Å². The fraction of sp³-hybridized carbons (Fsp3) is 0.350. The van der Waals surface area contributed by atoms with Gasteiger partial charge in [-0.05, 0) is 48.9 Å². The van der Waals surface area contributed by atoms with Crippen LogP contribution in [0.25, 0.3) is 0 Å². The van der Waals surface area contributed by atoms with Crippen molar-refractivity contribution in [1.29, 1.82) is 0 Å². The van der Waals surface area contributed by atoms with Crippen molar-refractivity contribution in [2.24, 2.45) is 0 Å². The van der Waals surface area contributed by atoms with Crippen molar-refractivity contribution >= 4 is 33.2 Å². The molecule has 0 saturated heterocycles. The van der Waals surface area contributed by atoms with Gasteiger partial charge in [-0.15, -0.1) is 0 Å². The number of rotatable bonds is 11. The highest BCUT2D eigenvalue weighted by molar-refractivity contribution is 7.92. The van der Waals surface area contributed by atoms with Crippen LogP contribution in [0, 0.1) is 0 Å². The van der Waals surface area contributed by atoms with Gasteiger partial charge in [0.15, 0.2) is 6.61 Å². The van der Waals surface area contributed by atoms with Crippen molar-refractivity contribution in [3.63, 3.8) is 0 Å². The van der Waals surface area contributed by atoms with Gasteiger partial charge in [-0.3, -0.25) is 9.52 Å². The Kier molecular flexibility index (Phi) is 8.60. The van der Waals surface area contributed by atoms with Crippen molar-refractivity contribution < 1.29 is 22.7 Å². The van der Waals surface area contributed by atoms with E-state index in [1.165, 1.54) is 25.3 Å². The number of nitrogens with one attached hydrogen (secondary N) is 2. The quantitative estimate of drug-likeness (QED) is 0.518. The van der Waals surface area contributed by atoms with E-state index >= 15 is 0 Å². The molecule has 0 aliphatic heterocycles. The van der Waals surface area contributed by atoms with Crippen molar-refractivity contribution in [1.82, 2.24) is 5.32 Å². The van der Waals surface area contributed by atoms with Crippen LogP contribution in [0.15, 0.2) is 47.4 Å². The Hall–Kier alpha value is -2.45. The zero-order valence-corrected chi connectivity index (χ0v) is 18.0. The van der Waals surface area contributed by atoms with Crippen LogP contribution in [0.2, 0.25) is 5.02 Å². The Morgan fingerprint density at radius 1 is 1.10 bits per heavy atom. The molecule has 0 atom stereocenters. The van der Waals surface area contributed by atoms with Crippen molar-refractivity contribution in [2.75, 3.05) is 25.0 Å². The fourth-order valence-electron chi connectivity index (χ4n) is 2.44. The molecule has 0 heterocycles. The molecule has 0 fully saturated rings. The number of benzene rings is 2. The molecule has 0 bridgehead atoms. The summed E-state index contributed by atoms with van der Waals surface area (Å²) in [6, 6.07) is 10.6. The number of ether oxygens (including phenoxy) is 2. The SMILES string of the molecule is CCCCCNC(=O)COc1ccc(S(=O)(=O)Nc2ccc(OC)cc2)cc1Cl. The topological polar surface area (TPSA) is 93.7 Å². The molecule has 0 aliphatic carbocycles. The third-order valence-electron chi connectivity index (χ3n) is 4.02. The van der Waals surface area contributed by atoms with Crippen LogP contribution >= 0.6 is 11.6 Å². The van der Waals surface area contributed by atoms with E-state index in [0.29, 0.717) is 18.0 Å². The second-order valence-corrected chi connectivity index (χ2v) is 8.36. The van der Waals surface area contributed by atoms with Gasteiger partial charge in [0.1, 0.15) is 11.5 Å². The van der Waals surface area contributed by atoms with Crippen LogP contribution in [0.5, 0.6) is 11.5 Å². The summed E-state index contributed by atoms with van der Waals surface area (Å²) < 4.78 is 38.0. The number of amides is 1. The lowest BCUT2D eigenvalue weighted by Crippen LogP contribution is -2.29. The second-order valence-electron chi connectivity index (χ2n) is 6.27. The Morgan fingerprint density at radius 2 is 1.83 bits per heavy atom. The Labute approximate surface area is 176 Å². The zero-order valence-electron chi connectivity index (χ0n) is 16.4. The summed E-state index contributed by atoms with van der Waals surface area (Å²) in [5, 5.41) is 2.85. The van der Waals surface area contributed by atoms with Gasteiger partial charge >= 0.3 is 0 Å². The highest BCUT2D eigenvalue weighted by Crippen LogP contribution is 2.28. The summed E-state index contributed by atoms with van der Waals surface area (Å²) in [6.07, 6.45) is 3.04. The van der Waals surface area contributed by atoms with Crippen LogP contribution in [0.3, 0.4) is 0 Å². The van der Waals surface area contributed by atoms with Crippen molar-refractivity contribution in [2.45, 2.75) is 31.1 Å². The molecule has 7 nitrogen and oxygen atoms in total. The number of halogens is 1. The Balaban J connectivity index is 1.97. The maximum atomic E-state index is 12.6. The Bertz CT molecular complexity index is 917. The number of anilines is 1. The molecule has 0 unspecified atom stereocenters. The second kappa shape index (κ2) is 10.9. The molecule has 0 aromatic heterocycles. The standard InChI is InChI=1S/C20H25ClN2O5S/c1-3-4-5-12-22-20(24)14-28-19-11-10-17(13-18(19)21)29(25,26)23-15-6-8-16(27-2)9-7-15/h6-11,13,23H,3-5,12,14H2,1-2H3,(H,22,24). The number of methoxy groups -OCH3 is 1. The van der Waals surface area contributed by atoms with Crippen LogP contribution < -0.4 is 19.5 Å². The molecule has 29 heavy (non-hydrogen) atoms. The smallest absolute Gasteiger partial charge is 0.261 e. The van der Waals surface area contributed by atoms with Crippen LogP contribution in [-0.2, 0) is 14.8 Å². The van der Waals surface area contributed by atoms with Gasteiger partial charge in [0, 0.05) is 12.2 Å². The molecule has 1 amide bonds. The summed E-state index contributed by atoms with van der Waals surface area (Å²) in [5.74, 6) is 0.598. The van der Waals surface area contributed by atoms with E-state index in [-0.39, 0.29) is 28.2 Å². The maximum absolute atomic E-state index is 12.6. The van der Waals surface area contributed by atoms with Crippen molar-refractivity contribution in [3.05, 3.63) is 47.5 Å². The lowest BCUT2D eigenvalue weighted by molar-refractivity contribution is -0.123. The third kappa shape index (κ3) is 7.14. The molecule has 0 saturated carbocycles. The predicted molar refractivity (Wildman–Crippen MR) is 113 cm³/mol. The van der Waals surface area contributed by atoms with E-state index in [1.54, 1.807) is 24.3 Å². The Morgan fingerprint density at radius 3 is 2.45 bits per heavy atom. The van der Waals surface area contributed by atoms with Gasteiger partial charge in [0.2, 0.25) is 0 Å². The normalized spacial score (nSPS) is 11.0. The van der Waals surface area contributed by atoms with Gasteiger partial charge < -0.3 is 14.8 Å². The monoisotopic (exact) mass is 440 g/mol. The molecular formula is C20H25ClN2O5S. The summed E-state index contributed by atoms with van der Waals surface area (Å²) >= 11 is 6.14. The van der Waals surface area contributed by atoms with Gasteiger partial charge in [0.05, 0.1) is 17.0 Å². The van der Waals surface area contributed by atoms with Gasteiger partial charge in [-0.2, -0.15) is 0 Å². The minimum absolute atomic E-state index is 0.0188. The molecule has 2 rings (SSSR count). The van der Waals surface area contributed by atoms with E-state index in [0.717, 1.165) is 19.3 Å². The molecule has 2 aromatic carbocycles. The number of carbonyl (C=O) groups is 1. The predicted octanol–water partition coefficient (Wildman–Crippen LogP) is 3.83. The largest absolute Gasteiger partial charge is 0.497 e. The van der Waals surface area contributed by atoms with Gasteiger partial charge in [0.25, 0.3) is 15.9 Å². The number of unbranched alkanes of at least 4 members (excludes halogenated alkanes) is 2. The first-order valence-corrected chi connectivity index (χ1v) is 11.1. The van der Waals surface area contributed by atoms with Crippen molar-refractivity contribution in [3.8, 4) is 11.5 Å². The number of sulfonamides is 1. The minimum Gasteiger partial charge on any atom is -0.497 e. The van der Waals surface area contributed by atoms with E-state index in [9.17, 15) is 13.2 Å². The summed E-state index contributed by atoms with van der Waals surface area (Å²) in [7, 11) is -2.30. The molecule has 0 aliphatic rings. The first kappa shape index (κ1) is 22.8. The highest BCUT2D eigenvalue weighted by atomic mass is 35.5. The number of hydrogen-bond acceptors (Lipinski definition) is 5. The van der Waals surface area contributed by atoms with E-state index in [2.05, 4.69) is 17.0 Å². The lowest BCUT2D eigenvalue weighted by Gasteiger charge is -2.12. The first-order valence-electron chi connectivity index (χ1n) is 9.21.